The summed E-state index contributed by atoms with van der Waals surface area (Å²) in [5, 5.41) is 7.65. The molecule has 0 aliphatic carbocycles. The van der Waals surface area contributed by atoms with E-state index in [1.165, 1.54) is 17.8 Å². The molecule has 0 bridgehead atoms. The topological polar surface area (TPSA) is 84.7 Å². The van der Waals surface area contributed by atoms with Gasteiger partial charge in [0.1, 0.15) is 10.8 Å². The van der Waals surface area contributed by atoms with Crippen LogP contribution in [0.4, 0.5) is 5.82 Å². The molecule has 0 unspecified atom stereocenters. The number of H-pyrrole nitrogens is 1. The maximum atomic E-state index is 11.3. The Kier molecular flexibility index (Phi) is 3.86. The molecule has 0 amide bonds. The minimum atomic E-state index is -0.239. The summed E-state index contributed by atoms with van der Waals surface area (Å²) in [4.78, 5) is 22.6. The summed E-state index contributed by atoms with van der Waals surface area (Å²) in [7, 11) is 0. The third-order valence-electron chi connectivity index (χ3n) is 2.42. The Bertz CT molecular complexity index is 763. The number of aromatic nitrogens is 3. The maximum Gasteiger partial charge on any atom is 0.253 e. The molecule has 102 valence electrons. The Morgan fingerprint density at radius 3 is 3.00 bits per heavy atom. The van der Waals surface area contributed by atoms with E-state index in [-0.39, 0.29) is 11.4 Å². The Labute approximate surface area is 126 Å². The molecule has 3 aromatic rings. The molecule has 3 rings (SSSR count). The number of hydrogen-bond donors (Lipinski definition) is 2. The smallest absolute Gasteiger partial charge is 0.253 e. The molecular formula is C12H10N4OS3. The van der Waals surface area contributed by atoms with Crippen molar-refractivity contribution in [2.75, 3.05) is 5.73 Å². The van der Waals surface area contributed by atoms with Gasteiger partial charge in [-0.05, 0) is 11.4 Å². The molecule has 0 saturated heterocycles. The van der Waals surface area contributed by atoms with Crippen LogP contribution in [-0.2, 0) is 5.75 Å². The molecule has 0 spiro atoms. The van der Waals surface area contributed by atoms with Crippen LogP contribution in [0.25, 0.3) is 10.6 Å². The van der Waals surface area contributed by atoms with E-state index in [1.807, 2.05) is 10.8 Å². The van der Waals surface area contributed by atoms with Crippen LogP contribution < -0.4 is 11.3 Å². The fraction of sp³-hybridized carbons (Fsp3) is 0.0833. The molecule has 20 heavy (non-hydrogen) atoms. The highest BCUT2D eigenvalue weighted by Gasteiger charge is 2.07. The molecule has 0 aliphatic heterocycles. The summed E-state index contributed by atoms with van der Waals surface area (Å²) in [6.07, 6.45) is 0. The third-order valence-corrected chi connectivity index (χ3v) is 4.95. The molecule has 0 radical (unpaired) electrons. The monoisotopic (exact) mass is 322 g/mol. The zero-order valence-corrected chi connectivity index (χ0v) is 12.6. The first-order chi connectivity index (χ1) is 9.70. The number of thiazole rings is 1. The van der Waals surface area contributed by atoms with Crippen molar-refractivity contribution in [3.05, 3.63) is 44.3 Å². The number of anilines is 1. The van der Waals surface area contributed by atoms with Crippen LogP contribution in [0, 0.1) is 0 Å². The molecule has 5 nitrogen and oxygen atoms in total. The second kappa shape index (κ2) is 5.78. The number of thiophene rings is 1. The van der Waals surface area contributed by atoms with Gasteiger partial charge in [0, 0.05) is 28.1 Å². The van der Waals surface area contributed by atoms with Crippen molar-refractivity contribution in [3.8, 4) is 10.6 Å². The number of nitrogens with two attached hydrogens (primary N) is 1. The lowest BCUT2D eigenvalue weighted by atomic mass is 10.4. The Hall–Kier alpha value is -1.64. The van der Waals surface area contributed by atoms with Crippen molar-refractivity contribution in [1.82, 2.24) is 15.0 Å². The summed E-state index contributed by atoms with van der Waals surface area (Å²) in [6, 6.07) is 3.32. The fourth-order valence-electron chi connectivity index (χ4n) is 1.56. The average molecular weight is 322 g/mol. The highest BCUT2D eigenvalue weighted by molar-refractivity contribution is 7.98. The van der Waals surface area contributed by atoms with Gasteiger partial charge >= 0.3 is 0 Å². The van der Waals surface area contributed by atoms with Gasteiger partial charge in [-0.3, -0.25) is 4.79 Å². The van der Waals surface area contributed by atoms with Crippen molar-refractivity contribution >= 4 is 40.3 Å². The lowest BCUT2D eigenvalue weighted by Crippen LogP contribution is -2.09. The van der Waals surface area contributed by atoms with Gasteiger partial charge in [-0.1, -0.05) is 11.8 Å². The number of nitrogens with zero attached hydrogens (tertiary/aromatic N) is 2. The van der Waals surface area contributed by atoms with Crippen molar-refractivity contribution < 1.29 is 0 Å². The number of hydrogen-bond acceptors (Lipinski definition) is 7. The van der Waals surface area contributed by atoms with E-state index in [0.29, 0.717) is 10.9 Å². The molecule has 3 heterocycles. The molecule has 0 aliphatic rings. The van der Waals surface area contributed by atoms with Crippen molar-refractivity contribution in [3.63, 3.8) is 0 Å². The normalized spacial score (nSPS) is 10.8. The third kappa shape index (κ3) is 3.09. The number of aromatic amines is 1. The average Bonchev–Trinajstić information content (AvgIpc) is 3.06. The molecule has 0 saturated carbocycles. The summed E-state index contributed by atoms with van der Waals surface area (Å²) < 4.78 is 0. The highest BCUT2D eigenvalue weighted by atomic mass is 32.2. The predicted molar refractivity (Wildman–Crippen MR) is 84.3 cm³/mol. The summed E-state index contributed by atoms with van der Waals surface area (Å²) in [5.41, 5.74) is 7.41. The Balaban J connectivity index is 1.71. The quantitative estimate of drug-likeness (QED) is 0.570. The minimum absolute atomic E-state index is 0.230. The van der Waals surface area contributed by atoms with Crippen molar-refractivity contribution in [1.29, 1.82) is 0 Å². The van der Waals surface area contributed by atoms with E-state index in [4.69, 9.17) is 5.73 Å². The first kappa shape index (κ1) is 13.3. The van der Waals surface area contributed by atoms with Crippen LogP contribution in [0.5, 0.6) is 0 Å². The lowest BCUT2D eigenvalue weighted by molar-refractivity contribution is 0.944. The fourth-order valence-corrected chi connectivity index (χ4v) is 3.97. The van der Waals surface area contributed by atoms with Gasteiger partial charge in [-0.15, -0.1) is 11.3 Å². The molecule has 3 aromatic heterocycles. The van der Waals surface area contributed by atoms with Gasteiger partial charge in [0.2, 0.25) is 0 Å². The van der Waals surface area contributed by atoms with Gasteiger partial charge in [0.15, 0.2) is 5.16 Å². The Morgan fingerprint density at radius 1 is 1.35 bits per heavy atom. The number of nitrogens with one attached hydrogen (secondary N) is 1. The summed E-state index contributed by atoms with van der Waals surface area (Å²) in [5.74, 6) is 0.876. The summed E-state index contributed by atoms with van der Waals surface area (Å²) in [6.45, 7) is 0. The first-order valence-electron chi connectivity index (χ1n) is 5.67. The number of rotatable bonds is 4. The minimum Gasteiger partial charge on any atom is -0.383 e. The molecule has 0 aromatic carbocycles. The first-order valence-corrected chi connectivity index (χ1v) is 8.48. The van der Waals surface area contributed by atoms with Crippen molar-refractivity contribution in [2.24, 2.45) is 0 Å². The second-order valence-electron chi connectivity index (χ2n) is 3.92. The molecule has 8 heteroatoms. The van der Waals surface area contributed by atoms with Gasteiger partial charge < -0.3 is 10.7 Å². The van der Waals surface area contributed by atoms with Crippen LogP contribution in [0.3, 0.4) is 0 Å². The maximum absolute atomic E-state index is 11.3. The van der Waals surface area contributed by atoms with Crippen LogP contribution >= 0.6 is 34.4 Å². The lowest BCUT2D eigenvalue weighted by Gasteiger charge is -1.99. The van der Waals surface area contributed by atoms with Gasteiger partial charge in [-0.25, -0.2) is 9.97 Å². The molecular weight excluding hydrogens is 312 g/mol. The molecule has 0 fully saturated rings. The van der Waals surface area contributed by atoms with E-state index < -0.39 is 0 Å². The zero-order valence-electron chi connectivity index (χ0n) is 10.2. The second-order valence-corrected chi connectivity index (χ2v) is 6.52. The molecule has 0 atom stereocenters. The van der Waals surface area contributed by atoms with Crippen molar-refractivity contribution in [2.45, 2.75) is 10.9 Å². The van der Waals surface area contributed by atoms with E-state index in [0.717, 1.165) is 16.3 Å². The number of nitrogen functional groups attached to an aromatic ring is 1. The largest absolute Gasteiger partial charge is 0.383 e. The van der Waals surface area contributed by atoms with Gasteiger partial charge in [0.05, 0.1) is 5.69 Å². The molecule has 3 N–H and O–H groups in total. The van der Waals surface area contributed by atoms with E-state index in [1.54, 1.807) is 22.7 Å². The SMILES string of the molecule is Nc1cc(=O)[nH]c(SCc2csc(-c3ccsc3)n2)n1. The zero-order chi connectivity index (χ0) is 13.9. The number of thioether (sulfide) groups is 1. The van der Waals surface area contributed by atoms with E-state index in [9.17, 15) is 4.79 Å². The predicted octanol–water partition coefficient (Wildman–Crippen LogP) is 2.83. The van der Waals surface area contributed by atoms with Gasteiger partial charge in [-0.2, -0.15) is 11.3 Å². The van der Waals surface area contributed by atoms with E-state index >= 15 is 0 Å². The van der Waals surface area contributed by atoms with Crippen LogP contribution in [0.2, 0.25) is 0 Å². The van der Waals surface area contributed by atoms with E-state index in [2.05, 4.69) is 26.4 Å². The summed E-state index contributed by atoms with van der Waals surface area (Å²) >= 11 is 4.68. The highest BCUT2D eigenvalue weighted by Crippen LogP contribution is 2.28. The van der Waals surface area contributed by atoms with Crippen LogP contribution in [0.1, 0.15) is 5.69 Å². The van der Waals surface area contributed by atoms with Crippen LogP contribution in [0.15, 0.2) is 38.2 Å². The van der Waals surface area contributed by atoms with Crippen LogP contribution in [-0.4, -0.2) is 15.0 Å². The Morgan fingerprint density at radius 2 is 2.25 bits per heavy atom. The van der Waals surface area contributed by atoms with Gasteiger partial charge in [0.25, 0.3) is 5.56 Å². The standard InChI is InChI=1S/C12H10N4OS3/c13-9-3-10(17)16-12(15-9)20-6-8-5-19-11(14-8)7-1-2-18-4-7/h1-5H,6H2,(H3,13,15,16,17).